The molecule has 128 valence electrons. The largest absolute Gasteiger partial charge is 0.377 e. The van der Waals surface area contributed by atoms with Crippen molar-refractivity contribution < 1.29 is 0 Å². The van der Waals surface area contributed by atoms with Crippen molar-refractivity contribution in [1.29, 1.82) is 10.5 Å². The van der Waals surface area contributed by atoms with Gasteiger partial charge in [0.1, 0.15) is 6.07 Å². The van der Waals surface area contributed by atoms with Crippen molar-refractivity contribution in [2.75, 3.05) is 18.8 Å². The van der Waals surface area contributed by atoms with Gasteiger partial charge in [0.05, 0.1) is 16.7 Å². The zero-order valence-corrected chi connectivity index (χ0v) is 16.4. The molecule has 1 aliphatic rings. The second-order valence-corrected chi connectivity index (χ2v) is 8.95. The normalized spacial score (nSPS) is 15.3. The average molecular weight is 352 g/mol. The molecule has 23 heavy (non-hydrogen) atoms. The van der Waals surface area contributed by atoms with Crippen molar-refractivity contribution in [2.45, 2.75) is 57.5 Å². The molecule has 0 radical (unpaired) electrons. The third-order valence-electron chi connectivity index (χ3n) is 2.89. The molecule has 3 nitrogen and oxygen atoms in total. The molecule has 0 bridgehead atoms. The number of nitrogens with zero attached hydrogens (tertiary/aromatic N) is 3. The number of hydrogen-bond acceptors (Lipinski definition) is 5. The predicted octanol–water partition coefficient (Wildman–Crippen LogP) is 5.19. The molecule has 1 heterocycles. The number of allylic oxidation sites excluding steroid dienone is 3. The van der Waals surface area contributed by atoms with Gasteiger partial charge in [0.15, 0.2) is 0 Å². The zero-order chi connectivity index (χ0) is 17.5. The maximum atomic E-state index is 8.93. The molecule has 0 aromatic rings. The van der Waals surface area contributed by atoms with E-state index in [1.165, 1.54) is 19.3 Å². The number of nitriles is 2. The lowest BCUT2D eigenvalue weighted by Crippen LogP contribution is -2.23. The Morgan fingerprint density at radius 3 is 2.17 bits per heavy atom. The molecule has 1 saturated heterocycles. The maximum Gasteiger partial charge on any atom is 0.106 e. The Hall–Kier alpha value is -1.04. The van der Waals surface area contributed by atoms with Gasteiger partial charge in [-0.15, -0.1) is 23.5 Å². The summed E-state index contributed by atoms with van der Waals surface area (Å²) in [5.74, 6) is 0.623. The van der Waals surface area contributed by atoms with Crippen LogP contribution in [0.25, 0.3) is 0 Å². The number of likely N-dealkylation sites (tertiary alicyclic amines) is 1. The van der Waals surface area contributed by atoms with Gasteiger partial charge in [-0.25, -0.2) is 0 Å². The molecule has 0 atom stereocenters. The molecular weight excluding hydrogens is 322 g/mol. The van der Waals surface area contributed by atoms with Crippen LogP contribution in [0.1, 0.15) is 47.0 Å². The molecule has 1 aliphatic heterocycles. The molecule has 0 N–H and O–H groups in total. The first kappa shape index (κ1) is 22.0. The first-order valence-corrected chi connectivity index (χ1v) is 10.1. The van der Waals surface area contributed by atoms with Crippen LogP contribution in [0.15, 0.2) is 23.3 Å². The summed E-state index contributed by atoms with van der Waals surface area (Å²) in [6.07, 6.45) is 9.96. The molecule has 0 aliphatic carbocycles. The molecule has 0 aromatic carbocycles. The SMILES string of the molecule is CC(C)SC(C#N)=CC=CN1CCCCC1.CC(C)SCC#N. The fraction of sp³-hybridized carbons (Fsp3) is 0.667. The molecule has 5 heteroatoms. The lowest BCUT2D eigenvalue weighted by Gasteiger charge is -2.24. The summed E-state index contributed by atoms with van der Waals surface area (Å²) >= 11 is 3.29. The molecule has 0 unspecified atom stereocenters. The number of piperidine rings is 1. The fourth-order valence-corrected chi connectivity index (χ4v) is 3.01. The Labute approximate surface area is 150 Å². The Balaban J connectivity index is 0.000000585. The highest BCUT2D eigenvalue weighted by atomic mass is 32.2. The summed E-state index contributed by atoms with van der Waals surface area (Å²) in [5, 5.41) is 18.0. The summed E-state index contributed by atoms with van der Waals surface area (Å²) in [5.41, 5.74) is 0. The van der Waals surface area contributed by atoms with Gasteiger partial charge >= 0.3 is 0 Å². The standard InChI is InChI=1S/C13H20N2S.C5H9NS/c1-12(2)16-13(11-14)7-6-10-15-8-4-3-5-9-15;1-5(2)7-4-3-6/h6-7,10,12H,3-5,8-9H2,1-2H3;5H,4H2,1-2H3. The third-order valence-corrected chi connectivity index (χ3v) is 4.80. The van der Waals surface area contributed by atoms with Gasteiger partial charge in [0.2, 0.25) is 0 Å². The van der Waals surface area contributed by atoms with Crippen LogP contribution in [-0.4, -0.2) is 34.2 Å². The Bertz CT molecular complexity index is 436. The van der Waals surface area contributed by atoms with Crippen LogP contribution in [0.2, 0.25) is 0 Å². The van der Waals surface area contributed by atoms with Crippen LogP contribution in [-0.2, 0) is 0 Å². The van der Waals surface area contributed by atoms with E-state index in [0.29, 0.717) is 16.3 Å². The lowest BCUT2D eigenvalue weighted by molar-refractivity contribution is 0.309. The minimum atomic E-state index is 0.467. The van der Waals surface area contributed by atoms with Crippen LogP contribution in [0.3, 0.4) is 0 Å². The molecule has 0 amide bonds. The van der Waals surface area contributed by atoms with Crippen molar-refractivity contribution in [3.05, 3.63) is 23.3 Å². The van der Waals surface area contributed by atoms with E-state index in [4.69, 9.17) is 10.5 Å². The van der Waals surface area contributed by atoms with Crippen molar-refractivity contribution in [3.8, 4) is 12.1 Å². The first-order chi connectivity index (χ1) is 11.0. The monoisotopic (exact) mass is 351 g/mol. The van der Waals surface area contributed by atoms with Crippen LogP contribution in [0, 0.1) is 22.7 Å². The topological polar surface area (TPSA) is 50.8 Å². The minimum absolute atomic E-state index is 0.467. The molecule has 0 saturated carbocycles. The van der Waals surface area contributed by atoms with Crippen LogP contribution >= 0.6 is 23.5 Å². The van der Waals surface area contributed by atoms with Gasteiger partial charge in [-0.3, -0.25) is 0 Å². The van der Waals surface area contributed by atoms with Crippen LogP contribution < -0.4 is 0 Å². The van der Waals surface area contributed by atoms with E-state index in [-0.39, 0.29) is 0 Å². The van der Waals surface area contributed by atoms with Gasteiger partial charge in [-0.2, -0.15) is 10.5 Å². The van der Waals surface area contributed by atoms with Crippen molar-refractivity contribution in [3.63, 3.8) is 0 Å². The summed E-state index contributed by atoms with van der Waals surface area (Å²) in [7, 11) is 0. The van der Waals surface area contributed by atoms with E-state index in [9.17, 15) is 0 Å². The lowest BCUT2D eigenvalue weighted by atomic mass is 10.1. The summed E-state index contributed by atoms with van der Waals surface area (Å²) < 4.78 is 0. The summed E-state index contributed by atoms with van der Waals surface area (Å²) in [6.45, 7) is 10.7. The maximum absolute atomic E-state index is 8.93. The Morgan fingerprint density at radius 1 is 1.09 bits per heavy atom. The summed E-state index contributed by atoms with van der Waals surface area (Å²) in [4.78, 5) is 3.12. The van der Waals surface area contributed by atoms with Gasteiger partial charge < -0.3 is 4.90 Å². The van der Waals surface area contributed by atoms with E-state index in [1.54, 1.807) is 23.5 Å². The van der Waals surface area contributed by atoms with Gasteiger partial charge in [-0.05, 0) is 37.6 Å². The van der Waals surface area contributed by atoms with E-state index in [0.717, 1.165) is 18.0 Å². The van der Waals surface area contributed by atoms with E-state index < -0.39 is 0 Å². The summed E-state index contributed by atoms with van der Waals surface area (Å²) in [6, 6.07) is 4.29. The molecule has 0 aromatic heterocycles. The zero-order valence-electron chi connectivity index (χ0n) is 14.8. The smallest absolute Gasteiger partial charge is 0.106 e. The number of rotatable bonds is 6. The number of hydrogen-bond donors (Lipinski definition) is 0. The fourth-order valence-electron chi connectivity index (χ4n) is 1.88. The average Bonchev–Trinajstić information content (AvgIpc) is 2.53. The molecular formula is C18H29N3S2. The van der Waals surface area contributed by atoms with Crippen molar-refractivity contribution >= 4 is 23.5 Å². The van der Waals surface area contributed by atoms with Gasteiger partial charge in [-0.1, -0.05) is 27.7 Å². The van der Waals surface area contributed by atoms with Gasteiger partial charge in [0.25, 0.3) is 0 Å². The Kier molecular flexibility index (Phi) is 13.9. The number of thioether (sulfide) groups is 2. The Morgan fingerprint density at radius 2 is 1.74 bits per heavy atom. The molecule has 1 rings (SSSR count). The van der Waals surface area contributed by atoms with E-state index >= 15 is 0 Å². The van der Waals surface area contributed by atoms with Crippen LogP contribution in [0.4, 0.5) is 0 Å². The van der Waals surface area contributed by atoms with Crippen molar-refractivity contribution in [1.82, 2.24) is 4.90 Å². The molecule has 0 spiro atoms. The highest BCUT2D eigenvalue weighted by Crippen LogP contribution is 2.20. The van der Waals surface area contributed by atoms with Crippen LogP contribution in [0.5, 0.6) is 0 Å². The molecule has 1 fully saturated rings. The highest BCUT2D eigenvalue weighted by Gasteiger charge is 2.04. The van der Waals surface area contributed by atoms with E-state index in [2.05, 4.69) is 50.9 Å². The highest BCUT2D eigenvalue weighted by molar-refractivity contribution is 8.03. The minimum Gasteiger partial charge on any atom is -0.377 e. The second kappa shape index (κ2) is 14.5. The van der Waals surface area contributed by atoms with Crippen molar-refractivity contribution in [2.24, 2.45) is 0 Å². The quantitative estimate of drug-likeness (QED) is 0.487. The first-order valence-electron chi connectivity index (χ1n) is 8.17. The predicted molar refractivity (Wildman–Crippen MR) is 104 cm³/mol. The van der Waals surface area contributed by atoms with E-state index in [1.807, 2.05) is 12.2 Å². The van der Waals surface area contributed by atoms with Gasteiger partial charge in [0, 0.05) is 23.6 Å². The second-order valence-electron chi connectivity index (χ2n) is 5.77. The third kappa shape index (κ3) is 14.3.